The predicted octanol–water partition coefficient (Wildman–Crippen LogP) is 3.34. The normalized spacial score (nSPS) is 12.2. The Hall–Kier alpha value is -2.99. The zero-order valence-corrected chi connectivity index (χ0v) is 14.3. The predicted molar refractivity (Wildman–Crippen MR) is 98.0 cm³/mol. The SMILES string of the molecule is COC(=O)C(NC(=O)/C=C/c1nc2ccccc2s1)c1ccccc1. The van der Waals surface area contributed by atoms with Gasteiger partial charge in [-0.25, -0.2) is 9.78 Å². The van der Waals surface area contributed by atoms with Gasteiger partial charge in [0.15, 0.2) is 6.04 Å². The molecule has 1 N–H and O–H groups in total. The molecule has 0 aliphatic heterocycles. The van der Waals surface area contributed by atoms with Gasteiger partial charge < -0.3 is 10.1 Å². The van der Waals surface area contributed by atoms with E-state index in [9.17, 15) is 9.59 Å². The smallest absolute Gasteiger partial charge is 0.333 e. The van der Waals surface area contributed by atoms with Crippen molar-refractivity contribution in [2.45, 2.75) is 6.04 Å². The van der Waals surface area contributed by atoms with E-state index in [1.54, 1.807) is 30.3 Å². The molecule has 0 aliphatic carbocycles. The fourth-order valence-electron chi connectivity index (χ4n) is 2.34. The zero-order valence-electron chi connectivity index (χ0n) is 13.5. The molecular weight excluding hydrogens is 336 g/mol. The highest BCUT2D eigenvalue weighted by Gasteiger charge is 2.22. The number of carbonyl (C=O) groups is 2. The Kier molecular flexibility index (Phi) is 5.20. The number of rotatable bonds is 5. The molecule has 126 valence electrons. The molecule has 1 amide bonds. The molecule has 25 heavy (non-hydrogen) atoms. The molecule has 3 rings (SSSR count). The van der Waals surface area contributed by atoms with Crippen molar-refractivity contribution in [3.8, 4) is 0 Å². The highest BCUT2D eigenvalue weighted by molar-refractivity contribution is 7.19. The summed E-state index contributed by atoms with van der Waals surface area (Å²) in [5, 5.41) is 3.39. The number of ether oxygens (including phenoxy) is 1. The number of hydrogen-bond acceptors (Lipinski definition) is 5. The molecule has 1 unspecified atom stereocenters. The van der Waals surface area contributed by atoms with Crippen LogP contribution in [-0.4, -0.2) is 24.0 Å². The third kappa shape index (κ3) is 4.10. The summed E-state index contributed by atoms with van der Waals surface area (Å²) in [6.07, 6.45) is 3.01. The summed E-state index contributed by atoms with van der Waals surface area (Å²) in [6, 6.07) is 15.9. The van der Waals surface area contributed by atoms with E-state index in [0.717, 1.165) is 15.2 Å². The Labute approximate surface area is 149 Å². The summed E-state index contributed by atoms with van der Waals surface area (Å²) >= 11 is 1.50. The lowest BCUT2D eigenvalue weighted by Gasteiger charge is -2.15. The van der Waals surface area contributed by atoms with Crippen molar-refractivity contribution < 1.29 is 14.3 Å². The molecule has 0 radical (unpaired) electrons. The van der Waals surface area contributed by atoms with E-state index < -0.39 is 17.9 Å². The third-order valence-electron chi connectivity index (χ3n) is 3.54. The largest absolute Gasteiger partial charge is 0.467 e. The molecule has 0 aliphatic rings. The van der Waals surface area contributed by atoms with E-state index in [1.807, 2.05) is 30.3 Å². The van der Waals surface area contributed by atoms with Crippen molar-refractivity contribution in [3.63, 3.8) is 0 Å². The Morgan fingerprint density at radius 2 is 1.84 bits per heavy atom. The number of nitrogens with one attached hydrogen (secondary N) is 1. The van der Waals surface area contributed by atoms with Gasteiger partial charge in [-0.05, 0) is 23.8 Å². The number of nitrogens with zero attached hydrogens (tertiary/aromatic N) is 1. The molecule has 0 spiro atoms. The summed E-state index contributed by atoms with van der Waals surface area (Å²) in [7, 11) is 1.29. The Morgan fingerprint density at radius 1 is 1.12 bits per heavy atom. The maximum atomic E-state index is 12.2. The number of thiazole rings is 1. The van der Waals surface area contributed by atoms with Gasteiger partial charge >= 0.3 is 5.97 Å². The molecular formula is C19H16N2O3S. The zero-order chi connectivity index (χ0) is 17.6. The molecule has 0 saturated carbocycles. The number of amides is 1. The van der Waals surface area contributed by atoms with Gasteiger partial charge in [0.25, 0.3) is 0 Å². The van der Waals surface area contributed by atoms with Crippen LogP contribution in [0.15, 0.2) is 60.7 Å². The van der Waals surface area contributed by atoms with E-state index in [2.05, 4.69) is 10.3 Å². The fraction of sp³-hybridized carbons (Fsp3) is 0.105. The number of fused-ring (bicyclic) bond motifs is 1. The second-order valence-electron chi connectivity index (χ2n) is 5.23. The monoisotopic (exact) mass is 352 g/mol. The van der Waals surface area contributed by atoms with Crippen molar-refractivity contribution in [2.24, 2.45) is 0 Å². The van der Waals surface area contributed by atoms with Crippen molar-refractivity contribution in [3.05, 3.63) is 71.2 Å². The first kappa shape index (κ1) is 16.9. The lowest BCUT2D eigenvalue weighted by atomic mass is 10.1. The number of aromatic nitrogens is 1. The Bertz CT molecular complexity index is 886. The van der Waals surface area contributed by atoms with Gasteiger partial charge in [-0.3, -0.25) is 4.79 Å². The summed E-state index contributed by atoms with van der Waals surface area (Å²) in [5.41, 5.74) is 1.56. The van der Waals surface area contributed by atoms with E-state index >= 15 is 0 Å². The molecule has 3 aromatic rings. The second-order valence-corrected chi connectivity index (χ2v) is 6.29. The Morgan fingerprint density at radius 3 is 2.56 bits per heavy atom. The fourth-order valence-corrected chi connectivity index (χ4v) is 3.21. The minimum atomic E-state index is -0.848. The van der Waals surface area contributed by atoms with Crippen LogP contribution in [0.4, 0.5) is 0 Å². The molecule has 1 heterocycles. The maximum absolute atomic E-state index is 12.2. The van der Waals surface area contributed by atoms with Gasteiger partial charge in [-0.15, -0.1) is 11.3 Å². The van der Waals surface area contributed by atoms with E-state index in [1.165, 1.54) is 24.5 Å². The van der Waals surface area contributed by atoms with Gasteiger partial charge in [0.2, 0.25) is 5.91 Å². The van der Waals surface area contributed by atoms with E-state index in [-0.39, 0.29) is 0 Å². The summed E-state index contributed by atoms with van der Waals surface area (Å²) < 4.78 is 5.84. The summed E-state index contributed by atoms with van der Waals surface area (Å²) in [6.45, 7) is 0. The van der Waals surface area contributed by atoms with Crippen LogP contribution < -0.4 is 5.32 Å². The van der Waals surface area contributed by atoms with Gasteiger partial charge in [0.05, 0.1) is 17.3 Å². The Balaban J connectivity index is 1.74. The molecule has 2 aromatic carbocycles. The molecule has 1 aromatic heterocycles. The molecule has 0 saturated heterocycles. The van der Waals surface area contributed by atoms with Gasteiger partial charge in [-0.2, -0.15) is 0 Å². The lowest BCUT2D eigenvalue weighted by Crippen LogP contribution is -2.33. The van der Waals surface area contributed by atoms with Crippen LogP contribution in [-0.2, 0) is 14.3 Å². The number of hydrogen-bond donors (Lipinski definition) is 1. The lowest BCUT2D eigenvalue weighted by molar-refractivity contribution is -0.144. The summed E-state index contributed by atoms with van der Waals surface area (Å²) in [5.74, 6) is -0.911. The number of carbonyl (C=O) groups excluding carboxylic acids is 2. The number of benzene rings is 2. The standard InChI is InChI=1S/C19H16N2O3S/c1-24-19(23)18(13-7-3-2-4-8-13)21-16(22)11-12-17-20-14-9-5-6-10-15(14)25-17/h2-12,18H,1H3,(H,21,22)/b12-11+. The topological polar surface area (TPSA) is 68.3 Å². The minimum absolute atomic E-state index is 0.390. The van der Waals surface area contributed by atoms with Gasteiger partial charge in [-0.1, -0.05) is 42.5 Å². The highest BCUT2D eigenvalue weighted by Crippen LogP contribution is 2.22. The third-order valence-corrected chi connectivity index (χ3v) is 4.55. The van der Waals surface area contributed by atoms with Crippen molar-refractivity contribution in [1.82, 2.24) is 10.3 Å². The average molecular weight is 352 g/mol. The van der Waals surface area contributed by atoms with Crippen LogP contribution in [0.5, 0.6) is 0 Å². The van der Waals surface area contributed by atoms with Gasteiger partial charge in [0, 0.05) is 6.08 Å². The first-order valence-corrected chi connectivity index (χ1v) is 8.46. The molecule has 5 nitrogen and oxygen atoms in total. The first-order valence-electron chi connectivity index (χ1n) is 7.64. The van der Waals surface area contributed by atoms with Crippen molar-refractivity contribution in [2.75, 3.05) is 7.11 Å². The van der Waals surface area contributed by atoms with E-state index in [4.69, 9.17) is 4.74 Å². The molecule has 0 bridgehead atoms. The van der Waals surface area contributed by atoms with Crippen LogP contribution in [0.2, 0.25) is 0 Å². The molecule has 1 atom stereocenters. The second kappa shape index (κ2) is 7.72. The van der Waals surface area contributed by atoms with Crippen LogP contribution >= 0.6 is 11.3 Å². The van der Waals surface area contributed by atoms with Crippen LogP contribution in [0.25, 0.3) is 16.3 Å². The number of esters is 1. The molecule has 0 fully saturated rings. The van der Waals surface area contributed by atoms with E-state index in [0.29, 0.717) is 5.56 Å². The highest BCUT2D eigenvalue weighted by atomic mass is 32.1. The average Bonchev–Trinajstić information content (AvgIpc) is 3.07. The molecule has 6 heteroatoms. The van der Waals surface area contributed by atoms with Crippen LogP contribution in [0.3, 0.4) is 0 Å². The number of methoxy groups -OCH3 is 1. The number of para-hydroxylation sites is 1. The van der Waals surface area contributed by atoms with Crippen LogP contribution in [0, 0.1) is 0 Å². The first-order chi connectivity index (χ1) is 12.2. The van der Waals surface area contributed by atoms with Crippen molar-refractivity contribution in [1.29, 1.82) is 0 Å². The quantitative estimate of drug-likeness (QED) is 0.565. The van der Waals surface area contributed by atoms with Crippen LogP contribution in [0.1, 0.15) is 16.6 Å². The summed E-state index contributed by atoms with van der Waals surface area (Å²) in [4.78, 5) is 28.6. The van der Waals surface area contributed by atoms with Gasteiger partial charge in [0.1, 0.15) is 5.01 Å². The maximum Gasteiger partial charge on any atom is 0.333 e. The van der Waals surface area contributed by atoms with Crippen molar-refractivity contribution >= 4 is 39.5 Å². The minimum Gasteiger partial charge on any atom is -0.467 e.